The summed E-state index contributed by atoms with van der Waals surface area (Å²) in [7, 11) is 0. The van der Waals surface area contributed by atoms with Crippen molar-refractivity contribution in [3.8, 4) is 5.75 Å². The summed E-state index contributed by atoms with van der Waals surface area (Å²) < 4.78 is 19.7. The first-order chi connectivity index (χ1) is 15.4. The second kappa shape index (κ2) is 11.6. The van der Waals surface area contributed by atoms with Crippen molar-refractivity contribution in [2.45, 2.75) is 63.9 Å². The molecule has 1 heterocycles. The van der Waals surface area contributed by atoms with Crippen molar-refractivity contribution in [3.63, 3.8) is 0 Å². The minimum absolute atomic E-state index is 0.115. The Kier molecular flexibility index (Phi) is 8.82. The molecule has 2 atom stereocenters. The Bertz CT molecular complexity index is 824. The predicted molar refractivity (Wildman–Crippen MR) is 121 cm³/mol. The molecule has 2 amide bonds. The number of aliphatic hydroxyl groups is 1. The monoisotopic (exact) mass is 446 g/mol. The van der Waals surface area contributed by atoms with E-state index < -0.39 is 11.4 Å². The topological polar surface area (TPSA) is 87.7 Å². The first-order valence-electron chi connectivity index (χ1n) is 11.8. The van der Waals surface area contributed by atoms with Crippen LogP contribution in [0, 0.1) is 17.7 Å². The molecule has 2 fully saturated rings. The molecular weight excluding hydrogens is 411 g/mol. The second-order valence-electron chi connectivity index (χ2n) is 8.96. The molecule has 3 rings (SSSR count). The lowest BCUT2D eigenvalue weighted by Gasteiger charge is -2.28. The maximum Gasteiger partial charge on any atom is 0.229 e. The van der Waals surface area contributed by atoms with Gasteiger partial charge in [0.1, 0.15) is 5.60 Å². The van der Waals surface area contributed by atoms with Crippen molar-refractivity contribution in [3.05, 3.63) is 41.7 Å². The number of carbonyl (C=O) groups excluding carboxylic acids is 2. The fourth-order valence-corrected chi connectivity index (χ4v) is 3.81. The summed E-state index contributed by atoms with van der Waals surface area (Å²) in [5.41, 5.74) is -0.434. The molecule has 0 spiro atoms. The number of carbonyl (C=O) groups is 2. The van der Waals surface area contributed by atoms with E-state index in [1.807, 2.05) is 13.0 Å². The van der Waals surface area contributed by atoms with Gasteiger partial charge in [0.15, 0.2) is 11.6 Å². The van der Waals surface area contributed by atoms with Gasteiger partial charge in [-0.3, -0.25) is 14.9 Å². The van der Waals surface area contributed by atoms with Crippen molar-refractivity contribution < 1.29 is 23.8 Å². The molecular formula is C25H35FN2O4. The zero-order valence-electron chi connectivity index (χ0n) is 18.9. The number of amides is 2. The number of nitrogens with one attached hydrogen (secondary N) is 2. The van der Waals surface area contributed by atoms with Gasteiger partial charge in [-0.15, -0.1) is 0 Å². The van der Waals surface area contributed by atoms with Gasteiger partial charge < -0.3 is 15.2 Å². The number of ether oxygens (including phenoxy) is 1. The maximum absolute atomic E-state index is 14.1. The minimum Gasteiger partial charge on any atom is -0.490 e. The van der Waals surface area contributed by atoms with Gasteiger partial charge in [0, 0.05) is 18.9 Å². The Hall–Kier alpha value is -2.25. The largest absolute Gasteiger partial charge is 0.490 e. The molecule has 1 saturated heterocycles. The summed E-state index contributed by atoms with van der Waals surface area (Å²) >= 11 is 0. The molecule has 7 heteroatoms. The third-order valence-electron chi connectivity index (χ3n) is 6.31. The van der Waals surface area contributed by atoms with Crippen molar-refractivity contribution in [1.82, 2.24) is 10.6 Å². The summed E-state index contributed by atoms with van der Waals surface area (Å²) in [5, 5.41) is 16.8. The van der Waals surface area contributed by atoms with Crippen LogP contribution in [0.5, 0.6) is 5.75 Å². The highest BCUT2D eigenvalue weighted by molar-refractivity contribution is 5.98. The van der Waals surface area contributed by atoms with E-state index in [2.05, 4.69) is 16.7 Å². The SMILES string of the molecule is CC[C@@](O)(CNCCC/C=C/CC1CCC(=O)NC1=O)c1ccc(F)c(OCC2CC2)c1. The Morgan fingerprint density at radius 3 is 2.81 bits per heavy atom. The Morgan fingerprint density at radius 2 is 2.09 bits per heavy atom. The number of imide groups is 1. The molecule has 0 bridgehead atoms. The molecule has 2 aliphatic rings. The Labute approximate surface area is 189 Å². The Morgan fingerprint density at radius 1 is 1.28 bits per heavy atom. The molecule has 3 N–H and O–H groups in total. The van der Waals surface area contributed by atoms with E-state index in [9.17, 15) is 19.1 Å². The molecule has 1 unspecified atom stereocenters. The van der Waals surface area contributed by atoms with Gasteiger partial charge in [0.25, 0.3) is 0 Å². The molecule has 1 aromatic rings. The van der Waals surface area contributed by atoms with Gasteiger partial charge in [-0.05, 0) is 75.1 Å². The van der Waals surface area contributed by atoms with E-state index in [1.165, 1.54) is 6.07 Å². The van der Waals surface area contributed by atoms with Gasteiger partial charge in [-0.2, -0.15) is 0 Å². The van der Waals surface area contributed by atoms with Gasteiger partial charge in [-0.25, -0.2) is 4.39 Å². The average molecular weight is 447 g/mol. The van der Waals surface area contributed by atoms with Gasteiger partial charge in [0.05, 0.1) is 6.61 Å². The first-order valence-corrected chi connectivity index (χ1v) is 11.8. The van der Waals surface area contributed by atoms with Crippen LogP contribution in [0.4, 0.5) is 4.39 Å². The highest BCUT2D eigenvalue weighted by Gasteiger charge is 2.29. The molecule has 0 aromatic heterocycles. The third kappa shape index (κ3) is 7.14. The van der Waals surface area contributed by atoms with Crippen LogP contribution >= 0.6 is 0 Å². The summed E-state index contributed by atoms with van der Waals surface area (Å²) in [6.07, 6.45) is 10.3. The maximum atomic E-state index is 14.1. The highest BCUT2D eigenvalue weighted by Crippen LogP contribution is 2.32. The van der Waals surface area contributed by atoms with Crippen LogP contribution in [0.2, 0.25) is 0 Å². The number of hydrogen-bond acceptors (Lipinski definition) is 5. The summed E-state index contributed by atoms with van der Waals surface area (Å²) in [6, 6.07) is 4.62. The quantitative estimate of drug-likeness (QED) is 0.245. The van der Waals surface area contributed by atoms with E-state index in [0.717, 1.165) is 32.2 Å². The van der Waals surface area contributed by atoms with Gasteiger partial charge >= 0.3 is 0 Å². The lowest BCUT2D eigenvalue weighted by molar-refractivity contribution is -0.136. The lowest BCUT2D eigenvalue weighted by atomic mass is 9.90. The van der Waals surface area contributed by atoms with Crippen molar-refractivity contribution in [1.29, 1.82) is 0 Å². The van der Waals surface area contributed by atoms with Gasteiger partial charge in [-0.1, -0.05) is 25.1 Å². The second-order valence-corrected chi connectivity index (χ2v) is 8.96. The van der Waals surface area contributed by atoms with E-state index in [-0.39, 0.29) is 23.5 Å². The predicted octanol–water partition coefficient (Wildman–Crippen LogP) is 3.58. The first kappa shape index (κ1) is 24.4. The number of benzene rings is 1. The minimum atomic E-state index is -1.09. The molecule has 1 saturated carbocycles. The van der Waals surface area contributed by atoms with Crippen molar-refractivity contribution >= 4 is 11.8 Å². The van der Waals surface area contributed by atoms with E-state index in [1.54, 1.807) is 12.1 Å². The molecule has 1 aliphatic heterocycles. The average Bonchev–Trinajstić information content (AvgIpc) is 3.60. The zero-order chi connectivity index (χ0) is 23.0. The molecule has 1 aliphatic carbocycles. The number of allylic oxidation sites excluding steroid dienone is 2. The van der Waals surface area contributed by atoms with Gasteiger partial charge in [0.2, 0.25) is 11.8 Å². The number of hydrogen-bond donors (Lipinski definition) is 3. The van der Waals surface area contributed by atoms with Crippen LogP contribution in [-0.4, -0.2) is 36.6 Å². The standard InChI is InChI=1S/C25H35FN2O4/c1-2-25(31,20-11-12-21(26)22(15-20)32-16-18-8-9-18)17-27-14-6-4-3-5-7-19-10-13-23(29)28-24(19)30/h3,5,11-12,15,18-19,27,31H,2,4,6-10,13-14,16-17H2,1H3,(H,28,29,30)/b5-3+/t19?,25-/m1/s1. The highest BCUT2D eigenvalue weighted by atomic mass is 19.1. The molecule has 0 radical (unpaired) electrons. The summed E-state index contributed by atoms with van der Waals surface area (Å²) in [5.74, 6) is -0.130. The zero-order valence-corrected chi connectivity index (χ0v) is 18.9. The third-order valence-corrected chi connectivity index (χ3v) is 6.31. The van der Waals surface area contributed by atoms with E-state index in [4.69, 9.17) is 4.74 Å². The lowest BCUT2D eigenvalue weighted by Crippen LogP contribution is -2.40. The smallest absolute Gasteiger partial charge is 0.229 e. The van der Waals surface area contributed by atoms with Crippen LogP contribution in [0.3, 0.4) is 0 Å². The van der Waals surface area contributed by atoms with Crippen LogP contribution in [-0.2, 0) is 15.2 Å². The molecule has 6 nitrogen and oxygen atoms in total. The van der Waals surface area contributed by atoms with Crippen LogP contribution in [0.1, 0.15) is 63.9 Å². The number of unbranched alkanes of at least 4 members (excludes halogenated alkanes) is 1. The summed E-state index contributed by atoms with van der Waals surface area (Å²) in [4.78, 5) is 22.9. The number of piperidine rings is 1. The molecule has 176 valence electrons. The van der Waals surface area contributed by atoms with Crippen LogP contribution in [0.25, 0.3) is 0 Å². The fourth-order valence-electron chi connectivity index (χ4n) is 3.81. The van der Waals surface area contributed by atoms with Crippen LogP contribution in [0.15, 0.2) is 30.4 Å². The van der Waals surface area contributed by atoms with Crippen LogP contribution < -0.4 is 15.4 Å². The van der Waals surface area contributed by atoms with E-state index >= 15 is 0 Å². The Balaban J connectivity index is 1.38. The fraction of sp³-hybridized carbons (Fsp3) is 0.600. The number of halogens is 1. The summed E-state index contributed by atoms with van der Waals surface area (Å²) in [6.45, 7) is 3.54. The van der Waals surface area contributed by atoms with Crippen molar-refractivity contribution in [2.75, 3.05) is 19.7 Å². The van der Waals surface area contributed by atoms with Crippen molar-refractivity contribution in [2.24, 2.45) is 11.8 Å². The normalized spacial score (nSPS) is 20.9. The number of rotatable bonds is 13. The molecule has 32 heavy (non-hydrogen) atoms. The molecule has 1 aromatic carbocycles. The van der Waals surface area contributed by atoms with E-state index in [0.29, 0.717) is 50.3 Å².